The molecule has 0 saturated carbocycles. The topological polar surface area (TPSA) is 32.3 Å². The average Bonchev–Trinajstić information content (AvgIpc) is 2.24. The zero-order valence-electron chi connectivity index (χ0n) is 9.59. The highest BCUT2D eigenvalue weighted by atomic mass is 32.1. The maximum atomic E-state index is 11.5. The zero-order valence-corrected chi connectivity index (χ0v) is 10.4. The van der Waals surface area contributed by atoms with Gasteiger partial charge in [-0.3, -0.25) is 4.79 Å². The average molecular weight is 226 g/mol. The smallest absolute Gasteiger partial charge is 0.224 e. The van der Waals surface area contributed by atoms with Crippen LogP contribution < -0.4 is 15.6 Å². The van der Waals surface area contributed by atoms with Gasteiger partial charge in [-0.2, -0.15) is 0 Å². The molecule has 0 spiro atoms. The maximum Gasteiger partial charge on any atom is 0.224 e. The Morgan fingerprint density at radius 2 is 2.07 bits per heavy atom. The van der Waals surface area contributed by atoms with Crippen LogP contribution in [0.4, 0.5) is 11.4 Å². The molecule has 0 bridgehead atoms. The van der Waals surface area contributed by atoms with Crippen LogP contribution in [0.25, 0.3) is 0 Å². The maximum absolute atomic E-state index is 11.5. The van der Waals surface area contributed by atoms with Crippen molar-refractivity contribution in [3.8, 4) is 0 Å². The molecule has 0 radical (unpaired) electrons. The highest BCUT2D eigenvalue weighted by Crippen LogP contribution is 2.25. The summed E-state index contributed by atoms with van der Waals surface area (Å²) in [6.07, 6.45) is 3.51. The fraction of sp³-hybridized carbons (Fsp3) is 0.636. The predicted molar refractivity (Wildman–Crippen MR) is 68.3 cm³/mol. The van der Waals surface area contributed by atoms with E-state index in [0.29, 0.717) is 4.51 Å². The van der Waals surface area contributed by atoms with Crippen LogP contribution in [0.2, 0.25) is 0 Å². The molecule has 0 aliphatic carbocycles. The second kappa shape index (κ2) is 5.26. The molecule has 0 atom stereocenters. The molecule has 0 heterocycles. The molecule has 1 aromatic carbocycles. The molecule has 3 nitrogen and oxygen atoms in total. The summed E-state index contributed by atoms with van der Waals surface area (Å²) in [5.74, 6) is 0. The quantitative estimate of drug-likeness (QED) is 0.596. The summed E-state index contributed by atoms with van der Waals surface area (Å²) in [4.78, 5) is 13.5. The van der Waals surface area contributed by atoms with Crippen LogP contribution in [0.15, 0.2) is 4.79 Å². The van der Waals surface area contributed by atoms with Gasteiger partial charge in [0.1, 0.15) is 10.2 Å². The van der Waals surface area contributed by atoms with Crippen molar-refractivity contribution >= 4 is 23.6 Å². The Labute approximate surface area is 95.8 Å². The molecule has 84 valence electrons. The SMILES string of the molecule is CCCCCN(C)c1c(NC)c(=S)c1=O. The van der Waals surface area contributed by atoms with Gasteiger partial charge in [-0.05, 0) is 6.42 Å². The van der Waals surface area contributed by atoms with Crippen molar-refractivity contribution in [2.75, 3.05) is 30.9 Å². The molecule has 1 rings (SSSR count). The number of hydrogen-bond donors (Lipinski definition) is 1. The third kappa shape index (κ3) is 2.37. The van der Waals surface area contributed by atoms with E-state index in [1.165, 1.54) is 12.8 Å². The van der Waals surface area contributed by atoms with Crippen LogP contribution in [0.1, 0.15) is 26.2 Å². The molecule has 1 N–H and O–H groups in total. The summed E-state index contributed by atoms with van der Waals surface area (Å²) in [5, 5.41) is 2.98. The van der Waals surface area contributed by atoms with E-state index in [9.17, 15) is 4.79 Å². The first-order chi connectivity index (χ1) is 7.13. The van der Waals surface area contributed by atoms with Gasteiger partial charge in [0.15, 0.2) is 0 Å². The first-order valence-electron chi connectivity index (χ1n) is 5.35. The minimum absolute atomic E-state index is 0.00773. The van der Waals surface area contributed by atoms with Gasteiger partial charge in [0.2, 0.25) is 5.43 Å². The van der Waals surface area contributed by atoms with Crippen LogP contribution in [0.3, 0.4) is 0 Å². The lowest BCUT2D eigenvalue weighted by Gasteiger charge is -2.23. The summed E-state index contributed by atoms with van der Waals surface area (Å²) in [7, 11) is 3.75. The third-order valence-corrected chi connectivity index (χ3v) is 3.00. The van der Waals surface area contributed by atoms with Gasteiger partial charge in [-0.15, -0.1) is 0 Å². The second-order valence-electron chi connectivity index (χ2n) is 3.76. The lowest BCUT2D eigenvalue weighted by atomic mass is 10.1. The van der Waals surface area contributed by atoms with Gasteiger partial charge >= 0.3 is 0 Å². The highest BCUT2D eigenvalue weighted by Gasteiger charge is 2.19. The summed E-state index contributed by atoms with van der Waals surface area (Å²) >= 11 is 4.96. The van der Waals surface area contributed by atoms with E-state index in [1.54, 1.807) is 7.05 Å². The Bertz CT molecular complexity index is 393. The molecule has 0 saturated heterocycles. The lowest BCUT2D eigenvalue weighted by molar-refractivity contribution is 0.704. The minimum Gasteiger partial charge on any atom is -0.385 e. The molecule has 0 aromatic heterocycles. The molecular weight excluding hydrogens is 208 g/mol. The van der Waals surface area contributed by atoms with Crippen LogP contribution in [0.5, 0.6) is 0 Å². The fourth-order valence-corrected chi connectivity index (χ4v) is 1.98. The fourth-order valence-electron chi connectivity index (χ4n) is 1.69. The Hall–Kier alpha value is -0.900. The number of hydrogen-bond acceptors (Lipinski definition) is 4. The van der Waals surface area contributed by atoms with Gasteiger partial charge in [0.25, 0.3) is 0 Å². The molecule has 1 aromatic rings. The number of unbranched alkanes of at least 4 members (excludes halogenated alkanes) is 2. The van der Waals surface area contributed by atoms with E-state index in [-0.39, 0.29) is 5.43 Å². The lowest BCUT2D eigenvalue weighted by Crippen LogP contribution is -2.30. The van der Waals surface area contributed by atoms with E-state index in [1.807, 2.05) is 11.9 Å². The molecular formula is C11H18N2OS. The summed E-state index contributed by atoms with van der Waals surface area (Å²) in [6, 6.07) is 0. The summed E-state index contributed by atoms with van der Waals surface area (Å²) in [5.41, 5.74) is 1.58. The van der Waals surface area contributed by atoms with Gasteiger partial charge in [-0.25, -0.2) is 0 Å². The molecule has 0 aliphatic rings. The molecule has 0 fully saturated rings. The summed E-state index contributed by atoms with van der Waals surface area (Å²) in [6.45, 7) is 3.09. The van der Waals surface area contributed by atoms with Gasteiger partial charge in [-0.1, -0.05) is 32.0 Å². The van der Waals surface area contributed by atoms with Crippen LogP contribution in [-0.2, 0) is 0 Å². The van der Waals surface area contributed by atoms with E-state index in [4.69, 9.17) is 12.2 Å². The number of rotatable bonds is 6. The van der Waals surface area contributed by atoms with E-state index < -0.39 is 0 Å². The zero-order chi connectivity index (χ0) is 11.4. The van der Waals surface area contributed by atoms with Crippen molar-refractivity contribution in [3.63, 3.8) is 0 Å². The Kier molecular flexibility index (Phi) is 4.27. The van der Waals surface area contributed by atoms with Crippen molar-refractivity contribution in [2.24, 2.45) is 0 Å². The molecule has 4 heteroatoms. The standard InChI is InChI=1S/C11H18N2OS/c1-4-5-6-7-13(3)9-8(12-2)11(15)10(9)14/h12H,4-7H2,1-3H3. The third-order valence-electron chi connectivity index (χ3n) is 2.61. The minimum atomic E-state index is 0.00773. The molecule has 0 unspecified atom stereocenters. The number of nitrogens with one attached hydrogen (secondary N) is 1. The van der Waals surface area contributed by atoms with Crippen molar-refractivity contribution in [1.82, 2.24) is 0 Å². The van der Waals surface area contributed by atoms with Crippen molar-refractivity contribution in [1.29, 1.82) is 0 Å². The Balaban J connectivity index is 2.66. The molecule has 0 aliphatic heterocycles. The Morgan fingerprint density at radius 3 is 2.60 bits per heavy atom. The van der Waals surface area contributed by atoms with Gasteiger partial charge < -0.3 is 10.2 Å². The van der Waals surface area contributed by atoms with Crippen LogP contribution in [0, 0.1) is 4.51 Å². The van der Waals surface area contributed by atoms with Crippen LogP contribution in [-0.4, -0.2) is 20.6 Å². The second-order valence-corrected chi connectivity index (χ2v) is 4.17. The van der Waals surface area contributed by atoms with Gasteiger partial charge in [0, 0.05) is 20.6 Å². The van der Waals surface area contributed by atoms with Crippen molar-refractivity contribution < 1.29 is 0 Å². The number of anilines is 2. The Morgan fingerprint density at radius 1 is 1.40 bits per heavy atom. The first-order valence-corrected chi connectivity index (χ1v) is 5.76. The first kappa shape index (κ1) is 12.2. The highest BCUT2D eigenvalue weighted by molar-refractivity contribution is 7.71. The van der Waals surface area contributed by atoms with Gasteiger partial charge in [0.05, 0.1) is 5.69 Å². The molecule has 15 heavy (non-hydrogen) atoms. The van der Waals surface area contributed by atoms with Crippen molar-refractivity contribution in [2.45, 2.75) is 26.2 Å². The summed E-state index contributed by atoms with van der Waals surface area (Å²) < 4.78 is 0.440. The monoisotopic (exact) mass is 226 g/mol. The van der Waals surface area contributed by atoms with E-state index >= 15 is 0 Å². The van der Waals surface area contributed by atoms with E-state index in [0.717, 1.165) is 24.3 Å². The van der Waals surface area contributed by atoms with Crippen molar-refractivity contribution in [3.05, 3.63) is 14.7 Å². The number of nitrogens with zero attached hydrogens (tertiary/aromatic N) is 1. The van der Waals surface area contributed by atoms with Crippen LogP contribution >= 0.6 is 12.2 Å². The molecule has 0 amide bonds. The largest absolute Gasteiger partial charge is 0.385 e. The van der Waals surface area contributed by atoms with E-state index in [2.05, 4.69) is 12.2 Å². The normalized spacial score (nSPS) is 10.6. The predicted octanol–water partition coefficient (Wildman–Crippen LogP) is 2.32.